The Morgan fingerprint density at radius 1 is 1.20 bits per heavy atom. The molecule has 7 nitrogen and oxygen atoms in total. The van der Waals surface area contributed by atoms with E-state index in [9.17, 15) is 8.42 Å². The average Bonchev–Trinajstić information content (AvgIpc) is 3.11. The first-order valence-corrected chi connectivity index (χ1v) is 12.4. The molecule has 0 unspecified atom stereocenters. The van der Waals surface area contributed by atoms with Crippen LogP contribution in [0.3, 0.4) is 0 Å². The average molecular weight is 565 g/mol. The molecule has 0 aliphatic carbocycles. The highest BCUT2D eigenvalue weighted by Gasteiger charge is 2.12. The van der Waals surface area contributed by atoms with E-state index < -0.39 is 9.84 Å². The van der Waals surface area contributed by atoms with Gasteiger partial charge >= 0.3 is 0 Å². The predicted octanol–water partition coefficient (Wildman–Crippen LogP) is 3.56. The van der Waals surface area contributed by atoms with E-state index in [0.717, 1.165) is 24.3 Å². The molecule has 0 saturated heterocycles. The molecule has 3 rings (SSSR count). The first-order chi connectivity index (χ1) is 14.1. The number of hydrogen-bond donors (Lipinski definition) is 2. The molecule has 2 aromatic rings. The number of thiophene rings is 1. The zero-order valence-corrected chi connectivity index (χ0v) is 20.9. The molecule has 0 atom stereocenters. The number of rotatable bonds is 8. The fraction of sp³-hybridized carbons (Fsp3) is 0.450. The summed E-state index contributed by atoms with van der Waals surface area (Å²) in [4.78, 5) is 5.73. The summed E-state index contributed by atoms with van der Waals surface area (Å²) in [6.45, 7) is 3.80. The second-order valence-electron chi connectivity index (χ2n) is 6.56. The van der Waals surface area contributed by atoms with Crippen molar-refractivity contribution in [2.24, 2.45) is 4.99 Å². The highest BCUT2D eigenvalue weighted by molar-refractivity contribution is 14.0. The van der Waals surface area contributed by atoms with Gasteiger partial charge in [0, 0.05) is 35.3 Å². The van der Waals surface area contributed by atoms with E-state index >= 15 is 0 Å². The number of guanidine groups is 1. The number of aliphatic imine (C=N–C) groups is 1. The van der Waals surface area contributed by atoms with E-state index in [1.807, 2.05) is 24.3 Å². The number of nitrogens with zero attached hydrogens (tertiary/aromatic N) is 1. The number of fused-ring (bicyclic) bond motifs is 1. The Labute approximate surface area is 199 Å². The molecule has 2 N–H and O–H groups in total. The molecule has 0 fully saturated rings. The molecule has 1 aromatic heterocycles. The van der Waals surface area contributed by atoms with Gasteiger partial charge in [-0.3, -0.25) is 4.99 Å². The Morgan fingerprint density at radius 3 is 2.73 bits per heavy atom. The number of hydrogen-bond acceptors (Lipinski definition) is 6. The first kappa shape index (κ1) is 24.7. The van der Waals surface area contributed by atoms with E-state index in [4.69, 9.17) is 9.47 Å². The zero-order chi connectivity index (χ0) is 20.5. The highest BCUT2D eigenvalue weighted by Crippen LogP contribution is 2.32. The summed E-state index contributed by atoms with van der Waals surface area (Å²) in [6, 6.07) is 9.76. The van der Waals surface area contributed by atoms with Gasteiger partial charge in [0.2, 0.25) is 0 Å². The second kappa shape index (κ2) is 12.4. The van der Waals surface area contributed by atoms with Crippen LogP contribution >= 0.6 is 35.3 Å². The van der Waals surface area contributed by atoms with Gasteiger partial charge in [0.15, 0.2) is 27.3 Å². The lowest BCUT2D eigenvalue weighted by Crippen LogP contribution is -2.33. The van der Waals surface area contributed by atoms with Crippen LogP contribution in [0.5, 0.6) is 11.5 Å². The second-order valence-corrected chi connectivity index (χ2v) is 10.1. The van der Waals surface area contributed by atoms with Gasteiger partial charge in [-0.1, -0.05) is 13.0 Å². The number of halogens is 1. The summed E-state index contributed by atoms with van der Waals surface area (Å²) in [5.41, 5.74) is 0.801. The Morgan fingerprint density at radius 2 is 2.00 bits per heavy atom. The molecule has 166 valence electrons. The van der Waals surface area contributed by atoms with Gasteiger partial charge in [-0.25, -0.2) is 8.42 Å². The number of benzene rings is 1. The van der Waals surface area contributed by atoms with E-state index in [0.29, 0.717) is 31.5 Å². The van der Waals surface area contributed by atoms with Crippen molar-refractivity contribution in [2.45, 2.75) is 19.8 Å². The molecular weight excluding hydrogens is 537 g/mol. The van der Waals surface area contributed by atoms with Crippen molar-refractivity contribution in [1.82, 2.24) is 5.32 Å². The monoisotopic (exact) mass is 565 g/mol. The largest absolute Gasteiger partial charge is 0.490 e. The third kappa shape index (κ3) is 7.95. The first-order valence-electron chi connectivity index (χ1n) is 9.73. The molecule has 0 saturated carbocycles. The summed E-state index contributed by atoms with van der Waals surface area (Å²) in [6.07, 6.45) is 1.72. The smallest absolute Gasteiger partial charge is 0.195 e. The fourth-order valence-electron chi connectivity index (χ4n) is 2.72. The lowest BCUT2D eigenvalue weighted by atomic mass is 10.2. The summed E-state index contributed by atoms with van der Waals surface area (Å²) in [7, 11) is -3.06. The summed E-state index contributed by atoms with van der Waals surface area (Å²) < 4.78 is 34.9. The van der Waals surface area contributed by atoms with Gasteiger partial charge in [-0.15, -0.1) is 35.3 Å². The van der Waals surface area contributed by atoms with E-state index in [1.165, 1.54) is 4.88 Å². The van der Waals surface area contributed by atoms with Crippen molar-refractivity contribution in [3.05, 3.63) is 40.6 Å². The SMILES string of the molecule is CCS(=O)(=O)CCN=C(NCCc1cccs1)Nc1ccc2c(c1)OCCCO2.I. The van der Waals surface area contributed by atoms with Gasteiger partial charge in [0.25, 0.3) is 0 Å². The zero-order valence-electron chi connectivity index (χ0n) is 16.9. The van der Waals surface area contributed by atoms with Crippen LogP contribution in [-0.4, -0.2) is 52.2 Å². The van der Waals surface area contributed by atoms with Crippen molar-refractivity contribution in [2.75, 3.05) is 43.1 Å². The maximum absolute atomic E-state index is 11.8. The molecular formula is C20H28IN3O4S2. The third-order valence-electron chi connectivity index (χ3n) is 4.37. The minimum atomic E-state index is -3.06. The molecule has 1 aromatic carbocycles. The van der Waals surface area contributed by atoms with Crippen molar-refractivity contribution in [3.63, 3.8) is 0 Å². The standard InChI is InChI=1S/C20H27N3O4S2.HI/c1-2-29(24,25)14-10-22-20(21-9-8-17-5-3-13-28-17)23-16-6-7-18-19(15-16)27-12-4-11-26-18;/h3,5-7,13,15H,2,4,8-12,14H2,1H3,(H2,21,22,23);1H. The Hall–Kier alpha value is -1.53. The van der Waals surface area contributed by atoms with Crippen LogP contribution in [0.1, 0.15) is 18.2 Å². The van der Waals surface area contributed by atoms with Crippen molar-refractivity contribution < 1.29 is 17.9 Å². The normalized spacial score (nSPS) is 13.8. The minimum absolute atomic E-state index is 0. The molecule has 0 spiro atoms. The molecule has 0 amide bonds. The van der Waals surface area contributed by atoms with Crippen molar-refractivity contribution in [1.29, 1.82) is 0 Å². The fourth-order valence-corrected chi connectivity index (χ4v) is 4.08. The Balaban J connectivity index is 0.00000320. The minimum Gasteiger partial charge on any atom is -0.490 e. The summed E-state index contributed by atoms with van der Waals surface area (Å²) in [5, 5.41) is 8.58. The number of nitrogens with one attached hydrogen (secondary N) is 2. The Kier molecular flexibility index (Phi) is 10.2. The van der Waals surface area contributed by atoms with Crippen LogP contribution in [0.25, 0.3) is 0 Å². The topological polar surface area (TPSA) is 89.0 Å². The van der Waals surface area contributed by atoms with Crippen molar-refractivity contribution in [3.8, 4) is 11.5 Å². The van der Waals surface area contributed by atoms with Crippen LogP contribution in [0.15, 0.2) is 40.7 Å². The van der Waals surface area contributed by atoms with E-state index in [2.05, 4.69) is 27.1 Å². The highest BCUT2D eigenvalue weighted by atomic mass is 127. The van der Waals surface area contributed by atoms with E-state index in [-0.39, 0.29) is 42.0 Å². The third-order valence-corrected chi connectivity index (χ3v) is 6.99. The maximum atomic E-state index is 11.8. The van der Waals surface area contributed by atoms with Crippen LogP contribution in [0.4, 0.5) is 5.69 Å². The number of sulfone groups is 1. The summed E-state index contributed by atoms with van der Waals surface area (Å²) >= 11 is 1.71. The van der Waals surface area contributed by atoms with Crippen LogP contribution in [0.2, 0.25) is 0 Å². The van der Waals surface area contributed by atoms with Crippen LogP contribution < -0.4 is 20.1 Å². The van der Waals surface area contributed by atoms with Gasteiger partial charge < -0.3 is 20.1 Å². The number of anilines is 1. The molecule has 1 aliphatic rings. The number of ether oxygens (including phenoxy) is 2. The molecule has 10 heteroatoms. The molecule has 0 radical (unpaired) electrons. The lowest BCUT2D eigenvalue weighted by Gasteiger charge is -2.14. The molecule has 2 heterocycles. The van der Waals surface area contributed by atoms with Gasteiger partial charge in [-0.05, 0) is 30.0 Å². The van der Waals surface area contributed by atoms with Gasteiger partial charge in [-0.2, -0.15) is 0 Å². The molecule has 1 aliphatic heterocycles. The van der Waals surface area contributed by atoms with Gasteiger partial charge in [0.05, 0.1) is 25.5 Å². The lowest BCUT2D eigenvalue weighted by molar-refractivity contribution is 0.297. The maximum Gasteiger partial charge on any atom is 0.195 e. The van der Waals surface area contributed by atoms with E-state index in [1.54, 1.807) is 18.3 Å². The van der Waals surface area contributed by atoms with Crippen LogP contribution in [-0.2, 0) is 16.3 Å². The molecule has 0 bridgehead atoms. The van der Waals surface area contributed by atoms with Crippen LogP contribution in [0, 0.1) is 0 Å². The van der Waals surface area contributed by atoms with Crippen molar-refractivity contribution >= 4 is 56.8 Å². The predicted molar refractivity (Wildman–Crippen MR) is 134 cm³/mol. The quantitative estimate of drug-likeness (QED) is 0.289. The Bertz CT molecular complexity index is 918. The molecule has 30 heavy (non-hydrogen) atoms. The van der Waals surface area contributed by atoms with Gasteiger partial charge in [0.1, 0.15) is 0 Å². The summed E-state index contributed by atoms with van der Waals surface area (Å²) in [5.74, 6) is 2.12.